The number of nitrogens with zero attached hydrogens (tertiary/aromatic N) is 4. The molecule has 0 bridgehead atoms. The second-order valence-electron chi connectivity index (χ2n) is 7.08. The topological polar surface area (TPSA) is 54.7 Å². The highest BCUT2D eigenvalue weighted by Gasteiger charge is 2.42. The highest BCUT2D eigenvalue weighted by molar-refractivity contribution is 5.80. The van der Waals surface area contributed by atoms with Gasteiger partial charge in [0, 0.05) is 57.1 Å². The first-order valence-electron chi connectivity index (χ1n) is 9.31. The molecule has 1 aromatic rings. The molecule has 1 N–H and O–H groups in total. The number of aromatic nitrogens is 2. The van der Waals surface area contributed by atoms with Crippen molar-refractivity contribution in [2.24, 2.45) is 10.4 Å². The Morgan fingerprint density at radius 3 is 3.04 bits per heavy atom. The molecule has 6 nitrogen and oxygen atoms in total. The van der Waals surface area contributed by atoms with E-state index in [0.29, 0.717) is 5.41 Å². The number of nitrogens with one attached hydrogen (secondary N) is 1. The molecule has 0 saturated carbocycles. The summed E-state index contributed by atoms with van der Waals surface area (Å²) >= 11 is 0. The van der Waals surface area contributed by atoms with Crippen LogP contribution in [0.2, 0.25) is 0 Å². The van der Waals surface area contributed by atoms with E-state index >= 15 is 0 Å². The predicted octanol–water partition coefficient (Wildman–Crippen LogP) is 2.05. The Balaban J connectivity index is 1.46. The van der Waals surface area contributed by atoms with Gasteiger partial charge in [-0.25, -0.2) is 4.98 Å². The van der Waals surface area contributed by atoms with Gasteiger partial charge in [-0.3, -0.25) is 4.99 Å². The van der Waals surface area contributed by atoms with Crippen LogP contribution in [-0.4, -0.2) is 59.8 Å². The number of aryl methyl sites for hydroxylation is 2. The molecule has 134 valence electrons. The fourth-order valence-corrected chi connectivity index (χ4v) is 3.73. The van der Waals surface area contributed by atoms with Crippen molar-refractivity contribution >= 4 is 5.96 Å². The van der Waals surface area contributed by atoms with Crippen molar-refractivity contribution in [2.45, 2.75) is 46.1 Å². The van der Waals surface area contributed by atoms with E-state index in [2.05, 4.69) is 39.8 Å². The van der Waals surface area contributed by atoms with Gasteiger partial charge in [-0.05, 0) is 39.5 Å². The molecule has 2 aliphatic heterocycles. The molecular weight excluding hydrogens is 302 g/mol. The number of likely N-dealkylation sites (tertiary alicyclic amines) is 1. The Bertz CT molecular complexity index is 547. The van der Waals surface area contributed by atoms with Gasteiger partial charge in [-0.15, -0.1) is 0 Å². The first-order chi connectivity index (χ1) is 11.7. The van der Waals surface area contributed by atoms with Crippen LogP contribution < -0.4 is 5.32 Å². The lowest BCUT2D eigenvalue weighted by Gasteiger charge is -2.25. The summed E-state index contributed by atoms with van der Waals surface area (Å²) in [5.74, 6) is 2.17. The van der Waals surface area contributed by atoms with E-state index < -0.39 is 0 Å². The summed E-state index contributed by atoms with van der Waals surface area (Å²) < 4.78 is 7.84. The number of ether oxygens (including phenoxy) is 1. The van der Waals surface area contributed by atoms with E-state index in [4.69, 9.17) is 9.73 Å². The lowest BCUT2D eigenvalue weighted by Crippen LogP contribution is -2.41. The van der Waals surface area contributed by atoms with Crippen molar-refractivity contribution in [2.75, 3.05) is 39.4 Å². The molecule has 3 rings (SSSR count). The Labute approximate surface area is 145 Å². The van der Waals surface area contributed by atoms with Crippen molar-refractivity contribution in [1.29, 1.82) is 0 Å². The van der Waals surface area contributed by atoms with Crippen LogP contribution in [0.1, 0.15) is 38.4 Å². The standard InChI is InChI=1S/C18H31N5O/c1-3-19-17(23-11-6-18(14-23)7-13-24-15-18)21-8-4-5-10-22-12-9-20-16(22)2/h9,12H,3-8,10-11,13-15H2,1-2H3,(H,19,21). The van der Waals surface area contributed by atoms with E-state index in [1.54, 1.807) is 0 Å². The predicted molar refractivity (Wildman–Crippen MR) is 96.2 cm³/mol. The summed E-state index contributed by atoms with van der Waals surface area (Å²) in [7, 11) is 0. The third kappa shape index (κ3) is 4.09. The molecule has 1 atom stereocenters. The molecule has 3 heterocycles. The van der Waals surface area contributed by atoms with Gasteiger partial charge in [0.2, 0.25) is 0 Å². The third-order valence-corrected chi connectivity index (χ3v) is 5.25. The van der Waals surface area contributed by atoms with Crippen LogP contribution in [0, 0.1) is 12.3 Å². The van der Waals surface area contributed by atoms with E-state index in [9.17, 15) is 0 Å². The third-order valence-electron chi connectivity index (χ3n) is 5.25. The van der Waals surface area contributed by atoms with Gasteiger partial charge in [0.25, 0.3) is 0 Å². The van der Waals surface area contributed by atoms with E-state index in [0.717, 1.165) is 70.6 Å². The minimum absolute atomic E-state index is 0.384. The van der Waals surface area contributed by atoms with Crippen LogP contribution in [0.4, 0.5) is 0 Å². The maximum Gasteiger partial charge on any atom is 0.193 e. The van der Waals surface area contributed by atoms with Crippen LogP contribution in [-0.2, 0) is 11.3 Å². The maximum atomic E-state index is 5.63. The number of unbranched alkanes of at least 4 members (excludes halogenated alkanes) is 1. The van der Waals surface area contributed by atoms with Gasteiger partial charge in [0.15, 0.2) is 5.96 Å². The summed E-state index contributed by atoms with van der Waals surface area (Å²) in [6, 6.07) is 0. The highest BCUT2D eigenvalue weighted by atomic mass is 16.5. The van der Waals surface area contributed by atoms with Crippen LogP contribution in [0.15, 0.2) is 17.4 Å². The molecule has 1 aromatic heterocycles. The fraction of sp³-hybridized carbons (Fsp3) is 0.778. The first-order valence-corrected chi connectivity index (χ1v) is 9.31. The van der Waals surface area contributed by atoms with E-state index in [1.807, 2.05) is 6.20 Å². The lowest BCUT2D eigenvalue weighted by molar-refractivity contribution is 0.156. The van der Waals surface area contributed by atoms with Gasteiger partial charge >= 0.3 is 0 Å². The molecule has 6 heteroatoms. The quantitative estimate of drug-likeness (QED) is 0.492. The Hall–Kier alpha value is -1.56. The average Bonchev–Trinajstić information content (AvgIpc) is 3.30. The van der Waals surface area contributed by atoms with Crippen molar-refractivity contribution < 1.29 is 4.74 Å². The minimum atomic E-state index is 0.384. The molecule has 2 saturated heterocycles. The van der Waals surface area contributed by atoms with E-state index in [1.165, 1.54) is 12.8 Å². The normalized spacial score (nSPS) is 24.2. The molecule has 24 heavy (non-hydrogen) atoms. The molecule has 0 aromatic carbocycles. The zero-order valence-electron chi connectivity index (χ0n) is 15.1. The monoisotopic (exact) mass is 333 g/mol. The molecule has 0 radical (unpaired) electrons. The summed E-state index contributed by atoms with van der Waals surface area (Å²) in [5, 5.41) is 3.46. The molecule has 2 aliphatic rings. The Kier molecular flexibility index (Phi) is 5.76. The zero-order valence-corrected chi connectivity index (χ0v) is 15.1. The number of aliphatic imine (C=N–C) groups is 1. The smallest absolute Gasteiger partial charge is 0.193 e. The van der Waals surface area contributed by atoms with Gasteiger partial charge in [-0.2, -0.15) is 0 Å². The van der Waals surface area contributed by atoms with E-state index in [-0.39, 0.29) is 0 Å². The molecule has 0 aliphatic carbocycles. The molecule has 1 spiro atoms. The van der Waals surface area contributed by atoms with Crippen molar-refractivity contribution in [3.63, 3.8) is 0 Å². The maximum absolute atomic E-state index is 5.63. The summed E-state index contributed by atoms with van der Waals surface area (Å²) in [6.07, 6.45) is 8.60. The second-order valence-corrected chi connectivity index (χ2v) is 7.08. The number of hydrogen-bond donors (Lipinski definition) is 1. The zero-order chi connectivity index (χ0) is 16.8. The molecule has 2 fully saturated rings. The van der Waals surface area contributed by atoms with Crippen molar-refractivity contribution in [3.8, 4) is 0 Å². The molecule has 1 unspecified atom stereocenters. The molecule has 0 amide bonds. The van der Waals surface area contributed by atoms with Crippen LogP contribution in [0.25, 0.3) is 0 Å². The first kappa shape index (κ1) is 17.3. The summed E-state index contributed by atoms with van der Waals surface area (Å²) in [6.45, 7) is 11.1. The van der Waals surface area contributed by atoms with Gasteiger partial charge in [0.1, 0.15) is 5.82 Å². The molecular formula is C18H31N5O. The van der Waals surface area contributed by atoms with Gasteiger partial charge in [0.05, 0.1) is 6.61 Å². The number of imidazole rings is 1. The summed E-state index contributed by atoms with van der Waals surface area (Å²) in [4.78, 5) is 11.5. The minimum Gasteiger partial charge on any atom is -0.381 e. The Morgan fingerprint density at radius 1 is 1.42 bits per heavy atom. The average molecular weight is 333 g/mol. The number of rotatable bonds is 6. The lowest BCUT2D eigenvalue weighted by atomic mass is 9.87. The van der Waals surface area contributed by atoms with Crippen molar-refractivity contribution in [3.05, 3.63) is 18.2 Å². The van der Waals surface area contributed by atoms with Crippen LogP contribution in [0.5, 0.6) is 0 Å². The largest absolute Gasteiger partial charge is 0.381 e. The number of guanidine groups is 1. The fourth-order valence-electron chi connectivity index (χ4n) is 3.73. The van der Waals surface area contributed by atoms with Crippen molar-refractivity contribution in [1.82, 2.24) is 19.8 Å². The SMILES string of the molecule is CCNC(=NCCCCn1ccnc1C)N1CCC2(CCOC2)C1. The Morgan fingerprint density at radius 2 is 2.33 bits per heavy atom. The number of hydrogen-bond acceptors (Lipinski definition) is 3. The van der Waals surface area contributed by atoms with Crippen LogP contribution in [0.3, 0.4) is 0 Å². The van der Waals surface area contributed by atoms with Gasteiger partial charge in [-0.1, -0.05) is 0 Å². The van der Waals surface area contributed by atoms with Gasteiger partial charge < -0.3 is 19.5 Å². The summed E-state index contributed by atoms with van der Waals surface area (Å²) in [5.41, 5.74) is 0.384. The highest BCUT2D eigenvalue weighted by Crippen LogP contribution is 2.38. The van der Waals surface area contributed by atoms with Crippen LogP contribution >= 0.6 is 0 Å². The second kappa shape index (κ2) is 8.01.